The van der Waals surface area contributed by atoms with Crippen molar-refractivity contribution >= 4 is 32.7 Å². The maximum absolute atomic E-state index is 15.7. The summed E-state index contributed by atoms with van der Waals surface area (Å²) in [6.07, 6.45) is -3.84. The predicted octanol–water partition coefficient (Wildman–Crippen LogP) is 5.86. The van der Waals surface area contributed by atoms with Gasteiger partial charge >= 0.3 is 6.18 Å². The number of aliphatic hydroxyl groups is 1. The Kier molecular flexibility index (Phi) is 10.3. The van der Waals surface area contributed by atoms with Gasteiger partial charge in [-0.2, -0.15) is 32.1 Å². The molecule has 322 valence electrons. The van der Waals surface area contributed by atoms with Crippen LogP contribution in [0.5, 0.6) is 0 Å². The standard InChI is InChI=1S/C41H39F7N8O4S/c1-21-31-32-36(41(46,47)48)51-56(37(32)40(44,45)33(21)31)20-30(57)50-29(18-22-16-23(42)19-24(43)17-22)34-26(9-8-25(49-34)10-11-39(58)12-14-54(2)15-13-39)27-6-5-7-28-35(27)55(3)52-38(28)53-61(4,59)60/h5-9,16-17,19,21,29,31,33,58H,12-15,18,20H2,1-4H3,(H,50,57)(H,52,53)/t21-,29+,31-,33?/m1/s1. The number of benzene rings is 2. The quantitative estimate of drug-likeness (QED) is 0.123. The fourth-order valence-electron chi connectivity index (χ4n) is 8.78. The molecule has 4 heterocycles. The lowest BCUT2D eigenvalue weighted by Gasteiger charge is -2.32. The molecule has 2 aromatic carbocycles. The Hall–Kier alpha value is -5.52. The van der Waals surface area contributed by atoms with Crippen LogP contribution in [0.2, 0.25) is 0 Å². The SMILES string of the molecule is C[C@H]1C2[C@H]1c1c(C(F)(F)F)nn(CC(=O)N[C@@H](Cc3cc(F)cc(F)c3)c3nc(C#CC4(O)CCN(C)CC4)ccc3-c3cccc4c(NS(C)(=O)=O)nn(C)c34)c1C2(F)F. The highest BCUT2D eigenvalue weighted by atomic mass is 32.2. The van der Waals surface area contributed by atoms with Crippen LogP contribution in [0, 0.1) is 35.3 Å². The fourth-order valence-corrected chi connectivity index (χ4v) is 9.28. The molecule has 2 fully saturated rings. The number of carbonyl (C=O) groups is 1. The number of amides is 1. The Morgan fingerprint density at radius 2 is 1.72 bits per heavy atom. The lowest BCUT2D eigenvalue weighted by molar-refractivity contribution is -0.142. The summed E-state index contributed by atoms with van der Waals surface area (Å²) in [5.74, 6) is -4.08. The van der Waals surface area contributed by atoms with Crippen molar-refractivity contribution in [3.8, 4) is 23.0 Å². The molecular weight excluding hydrogens is 834 g/mol. The number of aromatic nitrogens is 5. The number of nitrogens with zero attached hydrogens (tertiary/aromatic N) is 6. The number of nitrogens with one attached hydrogen (secondary N) is 2. The number of sulfonamides is 1. The monoisotopic (exact) mass is 872 g/mol. The number of anilines is 1. The average Bonchev–Trinajstić information content (AvgIpc) is 3.39. The second kappa shape index (κ2) is 14.8. The van der Waals surface area contributed by atoms with Gasteiger partial charge in [0.2, 0.25) is 15.9 Å². The number of fused-ring (bicyclic) bond motifs is 4. The first kappa shape index (κ1) is 42.2. The Morgan fingerprint density at radius 1 is 1.03 bits per heavy atom. The molecule has 12 nitrogen and oxygen atoms in total. The van der Waals surface area contributed by atoms with E-state index in [2.05, 4.69) is 32.1 Å². The molecule has 5 aromatic rings. The van der Waals surface area contributed by atoms with Crippen molar-refractivity contribution in [2.75, 3.05) is 31.1 Å². The zero-order valence-corrected chi connectivity index (χ0v) is 33.9. The van der Waals surface area contributed by atoms with Gasteiger partial charge in [0.05, 0.1) is 23.5 Å². The molecule has 20 heteroatoms. The van der Waals surface area contributed by atoms with E-state index in [1.54, 1.807) is 31.3 Å². The van der Waals surface area contributed by atoms with Crippen molar-refractivity contribution in [2.24, 2.45) is 18.9 Å². The zero-order valence-electron chi connectivity index (χ0n) is 33.1. The third kappa shape index (κ3) is 8.06. The smallest absolute Gasteiger partial charge is 0.377 e. The van der Waals surface area contributed by atoms with Crippen LogP contribution in [-0.4, -0.2) is 80.9 Å². The number of pyridine rings is 1. The zero-order chi connectivity index (χ0) is 44.0. The summed E-state index contributed by atoms with van der Waals surface area (Å²) in [4.78, 5) is 20.9. The minimum atomic E-state index is -5.09. The van der Waals surface area contributed by atoms with Gasteiger partial charge in [-0.15, -0.1) is 0 Å². The van der Waals surface area contributed by atoms with E-state index in [0.29, 0.717) is 53.1 Å². The molecule has 4 atom stereocenters. The summed E-state index contributed by atoms with van der Waals surface area (Å²) in [5.41, 5.74) is -3.27. The van der Waals surface area contributed by atoms with E-state index in [4.69, 9.17) is 4.98 Å². The number of carbonyl (C=O) groups excluding carboxylic acids is 1. The summed E-state index contributed by atoms with van der Waals surface area (Å²) in [6, 6.07) is 9.29. The van der Waals surface area contributed by atoms with Crippen molar-refractivity contribution in [3.63, 3.8) is 0 Å². The van der Waals surface area contributed by atoms with Crippen molar-refractivity contribution in [1.82, 2.24) is 34.8 Å². The summed E-state index contributed by atoms with van der Waals surface area (Å²) in [7, 11) is -0.323. The van der Waals surface area contributed by atoms with Crippen LogP contribution in [0.15, 0.2) is 48.5 Å². The van der Waals surface area contributed by atoms with E-state index in [-0.39, 0.29) is 34.8 Å². The molecule has 1 aliphatic heterocycles. The van der Waals surface area contributed by atoms with Crippen LogP contribution in [-0.2, 0) is 46.9 Å². The van der Waals surface area contributed by atoms with E-state index >= 15 is 8.78 Å². The number of likely N-dealkylation sites (tertiary alicyclic amines) is 1. The molecule has 0 spiro atoms. The van der Waals surface area contributed by atoms with Gasteiger partial charge in [-0.25, -0.2) is 22.2 Å². The van der Waals surface area contributed by atoms with E-state index in [1.165, 1.54) is 17.7 Å². The van der Waals surface area contributed by atoms with Crippen molar-refractivity contribution in [3.05, 3.63) is 94.1 Å². The van der Waals surface area contributed by atoms with Gasteiger partial charge in [0.25, 0.3) is 5.92 Å². The van der Waals surface area contributed by atoms with Gasteiger partial charge in [0.15, 0.2) is 11.5 Å². The predicted molar refractivity (Wildman–Crippen MR) is 208 cm³/mol. The van der Waals surface area contributed by atoms with Crippen LogP contribution in [0.1, 0.15) is 65.6 Å². The summed E-state index contributed by atoms with van der Waals surface area (Å²) < 4.78 is 132. The van der Waals surface area contributed by atoms with Crippen LogP contribution < -0.4 is 10.0 Å². The molecule has 0 bridgehead atoms. The van der Waals surface area contributed by atoms with E-state index < -0.39 is 92.6 Å². The highest BCUT2D eigenvalue weighted by molar-refractivity contribution is 7.92. The van der Waals surface area contributed by atoms with E-state index in [0.717, 1.165) is 18.4 Å². The van der Waals surface area contributed by atoms with Crippen LogP contribution in [0.25, 0.3) is 22.0 Å². The Morgan fingerprint density at radius 3 is 2.38 bits per heavy atom. The van der Waals surface area contributed by atoms with E-state index in [9.17, 15) is 40.3 Å². The summed E-state index contributed by atoms with van der Waals surface area (Å²) in [6.45, 7) is 1.50. The lowest BCUT2D eigenvalue weighted by atomic mass is 9.92. The number of alkyl halides is 5. The van der Waals surface area contributed by atoms with Crippen LogP contribution in [0.4, 0.5) is 36.6 Å². The number of hydrogen-bond acceptors (Lipinski definition) is 8. The second-order valence-electron chi connectivity index (χ2n) is 16.2. The molecule has 1 saturated carbocycles. The van der Waals surface area contributed by atoms with Gasteiger partial charge in [0, 0.05) is 73.0 Å². The minimum absolute atomic E-state index is 0.000816. The van der Waals surface area contributed by atoms with Gasteiger partial charge in [0.1, 0.15) is 35.2 Å². The Bertz CT molecular complexity index is 2750. The summed E-state index contributed by atoms with van der Waals surface area (Å²) in [5, 5.41) is 22.1. The topological polar surface area (TPSA) is 147 Å². The molecule has 61 heavy (non-hydrogen) atoms. The van der Waals surface area contributed by atoms with Crippen LogP contribution in [0.3, 0.4) is 0 Å². The molecular formula is C41H39F7N8O4S. The highest BCUT2D eigenvalue weighted by Crippen LogP contribution is 2.71. The number of aryl methyl sites for hydroxylation is 1. The molecule has 3 aliphatic rings. The molecule has 1 amide bonds. The molecule has 2 aliphatic carbocycles. The number of halogens is 7. The fraction of sp³-hybridized carbons (Fsp3) is 0.415. The Labute approximate surface area is 345 Å². The number of para-hydroxylation sites is 1. The average molecular weight is 873 g/mol. The number of hydrogen-bond donors (Lipinski definition) is 3. The largest absolute Gasteiger partial charge is 0.435 e. The molecule has 3 aromatic heterocycles. The second-order valence-corrected chi connectivity index (χ2v) is 17.9. The van der Waals surface area contributed by atoms with E-state index in [1.807, 2.05) is 11.9 Å². The summed E-state index contributed by atoms with van der Waals surface area (Å²) >= 11 is 0. The lowest BCUT2D eigenvalue weighted by Crippen LogP contribution is -2.41. The molecule has 8 rings (SSSR count). The molecule has 1 unspecified atom stereocenters. The molecule has 1 saturated heterocycles. The van der Waals surface area contributed by atoms with Gasteiger partial charge in [-0.1, -0.05) is 25.0 Å². The normalized spacial score (nSPS) is 21.0. The van der Waals surface area contributed by atoms with Gasteiger partial charge < -0.3 is 15.3 Å². The van der Waals surface area contributed by atoms with Crippen LogP contribution >= 0.6 is 0 Å². The maximum Gasteiger partial charge on any atom is 0.435 e. The van der Waals surface area contributed by atoms with Crippen molar-refractivity contribution in [1.29, 1.82) is 0 Å². The minimum Gasteiger partial charge on any atom is -0.377 e. The number of rotatable bonds is 9. The first-order valence-electron chi connectivity index (χ1n) is 19.2. The van der Waals surface area contributed by atoms with Crippen molar-refractivity contribution in [2.45, 2.75) is 62.4 Å². The number of piperidine rings is 1. The molecule has 0 radical (unpaired) electrons. The first-order chi connectivity index (χ1) is 28.5. The van der Waals surface area contributed by atoms with Crippen molar-refractivity contribution < 1.29 is 49.1 Å². The maximum atomic E-state index is 15.7. The third-order valence-corrected chi connectivity index (χ3v) is 12.2. The van der Waals surface area contributed by atoms with Gasteiger partial charge in [-0.3, -0.25) is 18.9 Å². The highest BCUT2D eigenvalue weighted by Gasteiger charge is 2.72. The Balaban J connectivity index is 1.26. The first-order valence-corrected chi connectivity index (χ1v) is 21.1. The third-order valence-electron chi connectivity index (χ3n) is 11.6. The molecule has 3 N–H and O–H groups in total. The van der Waals surface area contributed by atoms with Gasteiger partial charge in [-0.05, 0) is 61.2 Å².